The molecule has 0 aliphatic heterocycles. The van der Waals surface area contributed by atoms with Crippen LogP contribution in [-0.4, -0.2) is 34.2 Å². The van der Waals surface area contributed by atoms with Crippen molar-refractivity contribution in [2.24, 2.45) is 0 Å². The van der Waals surface area contributed by atoms with E-state index in [1.54, 1.807) is 18.2 Å². The second-order valence-electron chi connectivity index (χ2n) is 5.68. The molecule has 1 rings (SSSR count). The highest BCUT2D eigenvalue weighted by Crippen LogP contribution is 2.35. The van der Waals surface area contributed by atoms with E-state index in [1.807, 2.05) is 13.8 Å². The van der Waals surface area contributed by atoms with Crippen LogP contribution >= 0.6 is 23.2 Å². The Labute approximate surface area is 145 Å². The predicted octanol–water partition coefficient (Wildman–Crippen LogP) is 3.00. The Morgan fingerprint density at radius 1 is 1.17 bits per heavy atom. The lowest BCUT2D eigenvalue weighted by molar-refractivity contribution is -0.156. The normalized spacial score (nSPS) is 14.2. The van der Waals surface area contributed by atoms with Crippen LogP contribution in [0, 0.1) is 0 Å². The molecule has 5 nitrogen and oxygen atoms in total. The second kappa shape index (κ2) is 7.51. The smallest absolute Gasteiger partial charge is 0.337 e. The molecule has 1 aromatic carbocycles. The number of amides is 1. The van der Waals surface area contributed by atoms with E-state index >= 15 is 0 Å². The number of halogens is 2. The summed E-state index contributed by atoms with van der Waals surface area (Å²) < 4.78 is 0. The highest BCUT2D eigenvalue weighted by atomic mass is 35.5. The van der Waals surface area contributed by atoms with Gasteiger partial charge in [-0.3, -0.25) is 4.79 Å². The molecule has 0 radical (unpaired) electrons. The minimum absolute atomic E-state index is 0.348. The van der Waals surface area contributed by atoms with Gasteiger partial charge in [0.1, 0.15) is 0 Å². The van der Waals surface area contributed by atoms with E-state index < -0.39 is 17.0 Å². The van der Waals surface area contributed by atoms with Crippen molar-refractivity contribution in [2.75, 3.05) is 6.54 Å². The van der Waals surface area contributed by atoms with Crippen molar-refractivity contribution in [1.82, 2.24) is 5.32 Å². The van der Waals surface area contributed by atoms with Gasteiger partial charge in [-0.1, -0.05) is 43.1 Å². The third-order valence-electron chi connectivity index (χ3n) is 4.17. The van der Waals surface area contributed by atoms with Crippen LogP contribution in [0.3, 0.4) is 0 Å². The summed E-state index contributed by atoms with van der Waals surface area (Å²) in [5.74, 6) is -1.76. The monoisotopic (exact) mass is 361 g/mol. The molecule has 0 aromatic heterocycles. The Morgan fingerprint density at radius 3 is 2.17 bits per heavy atom. The maximum absolute atomic E-state index is 12.7. The van der Waals surface area contributed by atoms with E-state index in [9.17, 15) is 14.7 Å². The summed E-state index contributed by atoms with van der Waals surface area (Å²) in [7, 11) is 0. The molecular formula is C16H21Cl2NO4. The lowest BCUT2D eigenvalue weighted by Crippen LogP contribution is -2.51. The summed E-state index contributed by atoms with van der Waals surface area (Å²) in [5, 5.41) is 21.9. The number of carbonyl (C=O) groups excluding carboxylic acids is 1. The van der Waals surface area contributed by atoms with E-state index in [4.69, 9.17) is 28.3 Å². The van der Waals surface area contributed by atoms with Gasteiger partial charge in [-0.25, -0.2) is 4.79 Å². The first-order valence-corrected chi connectivity index (χ1v) is 8.06. The molecule has 0 heterocycles. The lowest BCUT2D eigenvalue weighted by atomic mass is 9.75. The van der Waals surface area contributed by atoms with Gasteiger partial charge in [-0.2, -0.15) is 0 Å². The van der Waals surface area contributed by atoms with Crippen LogP contribution in [0.15, 0.2) is 18.2 Å². The Morgan fingerprint density at radius 2 is 1.74 bits per heavy atom. The van der Waals surface area contributed by atoms with Gasteiger partial charge >= 0.3 is 5.97 Å². The zero-order valence-corrected chi connectivity index (χ0v) is 14.8. The fourth-order valence-corrected chi connectivity index (χ4v) is 2.70. The molecule has 0 fully saturated rings. The second-order valence-corrected chi connectivity index (χ2v) is 6.49. The van der Waals surface area contributed by atoms with Crippen LogP contribution in [0.25, 0.3) is 0 Å². The first kappa shape index (κ1) is 19.7. The highest BCUT2D eigenvalue weighted by molar-refractivity contribution is 6.42. The molecule has 7 heteroatoms. The van der Waals surface area contributed by atoms with E-state index in [1.165, 1.54) is 0 Å². The molecule has 0 spiro atoms. The number of rotatable bonds is 7. The molecule has 0 saturated carbocycles. The fraction of sp³-hybridized carbons (Fsp3) is 0.500. The average molecular weight is 362 g/mol. The van der Waals surface area contributed by atoms with E-state index in [0.717, 1.165) is 6.92 Å². The van der Waals surface area contributed by atoms with Gasteiger partial charge in [-0.05, 0) is 37.5 Å². The van der Waals surface area contributed by atoms with Gasteiger partial charge in [0.15, 0.2) is 5.60 Å². The topological polar surface area (TPSA) is 86.6 Å². The van der Waals surface area contributed by atoms with E-state index in [2.05, 4.69) is 5.32 Å². The molecule has 1 aromatic rings. The Kier molecular flexibility index (Phi) is 6.45. The van der Waals surface area contributed by atoms with Crippen LogP contribution in [0.1, 0.15) is 39.2 Å². The van der Waals surface area contributed by atoms with Crippen molar-refractivity contribution in [1.29, 1.82) is 0 Å². The van der Waals surface area contributed by atoms with Gasteiger partial charge in [-0.15, -0.1) is 0 Å². The van der Waals surface area contributed by atoms with Gasteiger partial charge in [0, 0.05) is 0 Å². The quantitative estimate of drug-likeness (QED) is 0.696. The van der Waals surface area contributed by atoms with Crippen LogP contribution < -0.4 is 5.32 Å². The number of hydrogen-bond acceptors (Lipinski definition) is 3. The van der Waals surface area contributed by atoms with Crippen molar-refractivity contribution in [3.63, 3.8) is 0 Å². The molecule has 23 heavy (non-hydrogen) atoms. The summed E-state index contributed by atoms with van der Waals surface area (Å²) in [6.07, 6.45) is 0.977. The maximum Gasteiger partial charge on any atom is 0.337 e. The SMILES string of the molecule is CCC(CC)(C(=O)NCC(C)(O)C(=O)O)c1ccc(Cl)c(Cl)c1. The molecule has 0 aliphatic carbocycles. The number of aliphatic carboxylic acids is 1. The first-order valence-electron chi connectivity index (χ1n) is 7.30. The molecule has 1 amide bonds. The average Bonchev–Trinajstić information content (AvgIpc) is 2.50. The summed E-state index contributed by atoms with van der Waals surface area (Å²) in [5.41, 5.74) is -2.20. The Balaban J connectivity index is 3.11. The zero-order valence-electron chi connectivity index (χ0n) is 13.3. The minimum atomic E-state index is -2.03. The molecule has 0 saturated heterocycles. The number of hydrogen-bond donors (Lipinski definition) is 3. The van der Waals surface area contributed by atoms with Gasteiger partial charge < -0.3 is 15.5 Å². The van der Waals surface area contributed by atoms with Crippen molar-refractivity contribution < 1.29 is 19.8 Å². The first-order chi connectivity index (χ1) is 10.6. The summed E-state index contributed by atoms with van der Waals surface area (Å²) >= 11 is 12.0. The van der Waals surface area contributed by atoms with Crippen LogP contribution in [-0.2, 0) is 15.0 Å². The van der Waals surface area contributed by atoms with Crippen molar-refractivity contribution in [3.05, 3.63) is 33.8 Å². The molecule has 3 N–H and O–H groups in total. The van der Waals surface area contributed by atoms with Gasteiger partial charge in [0.2, 0.25) is 5.91 Å². The maximum atomic E-state index is 12.7. The molecule has 1 atom stereocenters. The highest BCUT2D eigenvalue weighted by Gasteiger charge is 2.39. The Bertz CT molecular complexity index is 598. The summed E-state index contributed by atoms with van der Waals surface area (Å²) in [6, 6.07) is 5.00. The van der Waals surface area contributed by atoms with Gasteiger partial charge in [0.05, 0.1) is 22.0 Å². The zero-order chi connectivity index (χ0) is 17.8. The van der Waals surface area contributed by atoms with Crippen LogP contribution in [0.4, 0.5) is 0 Å². The third kappa shape index (κ3) is 4.16. The number of benzene rings is 1. The molecule has 0 bridgehead atoms. The molecular weight excluding hydrogens is 341 g/mol. The predicted molar refractivity (Wildman–Crippen MR) is 90.0 cm³/mol. The summed E-state index contributed by atoms with van der Waals surface area (Å²) in [4.78, 5) is 23.6. The Hall–Kier alpha value is -1.30. The van der Waals surface area contributed by atoms with Crippen molar-refractivity contribution in [3.8, 4) is 0 Å². The number of nitrogens with one attached hydrogen (secondary N) is 1. The fourth-order valence-electron chi connectivity index (χ4n) is 2.40. The van der Waals surface area contributed by atoms with Crippen LogP contribution in [0.5, 0.6) is 0 Å². The number of aliphatic hydroxyl groups is 1. The van der Waals surface area contributed by atoms with E-state index in [-0.39, 0.29) is 12.5 Å². The van der Waals surface area contributed by atoms with Crippen LogP contribution in [0.2, 0.25) is 10.0 Å². The number of carboxylic acids is 1. The standard InChI is InChI=1S/C16H21Cl2NO4/c1-4-16(5-2,10-6-7-11(17)12(18)8-10)13(20)19-9-15(3,23)14(21)22/h6-8,23H,4-5,9H2,1-3H3,(H,19,20)(H,21,22). The minimum Gasteiger partial charge on any atom is -0.479 e. The largest absolute Gasteiger partial charge is 0.479 e. The lowest BCUT2D eigenvalue weighted by Gasteiger charge is -2.32. The van der Waals surface area contributed by atoms with E-state index in [0.29, 0.717) is 28.5 Å². The summed E-state index contributed by atoms with van der Waals surface area (Å²) in [6.45, 7) is 4.47. The van der Waals surface area contributed by atoms with Gasteiger partial charge in [0.25, 0.3) is 0 Å². The molecule has 128 valence electrons. The molecule has 1 unspecified atom stereocenters. The number of carbonyl (C=O) groups is 2. The third-order valence-corrected chi connectivity index (χ3v) is 4.91. The molecule has 0 aliphatic rings. The van der Waals surface area contributed by atoms with Crippen molar-refractivity contribution >= 4 is 35.1 Å². The number of carboxylic acid groups (broad SMARTS) is 1. The van der Waals surface area contributed by atoms with Crippen molar-refractivity contribution in [2.45, 2.75) is 44.6 Å².